The van der Waals surface area contributed by atoms with Crippen LogP contribution in [0.15, 0.2) is 48.5 Å². The van der Waals surface area contributed by atoms with Crippen molar-refractivity contribution in [3.63, 3.8) is 0 Å². The summed E-state index contributed by atoms with van der Waals surface area (Å²) in [7, 11) is 0. The molecule has 136 valence electrons. The van der Waals surface area contributed by atoms with Crippen molar-refractivity contribution in [2.75, 3.05) is 34.8 Å². The molecule has 1 aliphatic heterocycles. The summed E-state index contributed by atoms with van der Waals surface area (Å²) in [5.41, 5.74) is 2.15. The minimum Gasteiger partial charge on any atom is -0.372 e. The second-order valence-corrected chi connectivity index (χ2v) is 6.37. The van der Waals surface area contributed by atoms with Crippen LogP contribution < -0.4 is 15.1 Å². The van der Waals surface area contributed by atoms with Crippen LogP contribution in [0.4, 0.5) is 21.5 Å². The molecule has 0 spiro atoms. The molecule has 6 heteroatoms. The number of nitrogens with zero attached hydrogens (tertiary/aromatic N) is 2. The summed E-state index contributed by atoms with van der Waals surface area (Å²) in [6.45, 7) is 3.39. The molecule has 1 fully saturated rings. The van der Waals surface area contributed by atoms with Crippen molar-refractivity contribution in [2.24, 2.45) is 0 Å². The van der Waals surface area contributed by atoms with Gasteiger partial charge in [-0.05, 0) is 55.3 Å². The lowest BCUT2D eigenvalue weighted by Gasteiger charge is -2.23. The highest BCUT2D eigenvalue weighted by Gasteiger charge is 2.17. The van der Waals surface area contributed by atoms with Crippen LogP contribution >= 0.6 is 0 Å². The first kappa shape index (κ1) is 17.9. The third-order valence-electron chi connectivity index (χ3n) is 4.42. The number of rotatable bonds is 5. The molecule has 0 unspecified atom stereocenters. The van der Waals surface area contributed by atoms with Gasteiger partial charge in [0.05, 0.1) is 0 Å². The van der Waals surface area contributed by atoms with Crippen LogP contribution in [0.5, 0.6) is 0 Å². The van der Waals surface area contributed by atoms with Gasteiger partial charge in [-0.25, -0.2) is 4.39 Å². The zero-order valence-corrected chi connectivity index (χ0v) is 14.7. The van der Waals surface area contributed by atoms with E-state index >= 15 is 0 Å². The molecule has 0 aromatic heterocycles. The van der Waals surface area contributed by atoms with Gasteiger partial charge in [0, 0.05) is 37.1 Å². The van der Waals surface area contributed by atoms with Crippen LogP contribution in [0, 0.1) is 5.82 Å². The monoisotopic (exact) mass is 355 g/mol. The van der Waals surface area contributed by atoms with Crippen molar-refractivity contribution in [1.82, 2.24) is 0 Å². The molecule has 2 amide bonds. The first-order valence-corrected chi connectivity index (χ1v) is 8.71. The summed E-state index contributed by atoms with van der Waals surface area (Å²) in [4.78, 5) is 28.0. The third kappa shape index (κ3) is 4.39. The first-order chi connectivity index (χ1) is 12.5. The van der Waals surface area contributed by atoms with E-state index in [9.17, 15) is 14.0 Å². The molecule has 1 saturated heterocycles. The van der Waals surface area contributed by atoms with Gasteiger partial charge in [-0.3, -0.25) is 9.59 Å². The molecule has 5 nitrogen and oxygen atoms in total. The number of hydrogen-bond donors (Lipinski definition) is 1. The maximum absolute atomic E-state index is 13.2. The van der Waals surface area contributed by atoms with Gasteiger partial charge in [-0.2, -0.15) is 0 Å². The van der Waals surface area contributed by atoms with E-state index in [1.807, 2.05) is 24.3 Å². The summed E-state index contributed by atoms with van der Waals surface area (Å²) in [5, 5.41) is 2.61. The summed E-state index contributed by atoms with van der Waals surface area (Å²) >= 11 is 0. The van der Waals surface area contributed by atoms with Gasteiger partial charge in [-0.1, -0.05) is 6.07 Å². The van der Waals surface area contributed by atoms with Gasteiger partial charge in [0.15, 0.2) is 0 Å². The topological polar surface area (TPSA) is 52.7 Å². The van der Waals surface area contributed by atoms with E-state index in [-0.39, 0.29) is 18.4 Å². The van der Waals surface area contributed by atoms with Crippen LogP contribution in [-0.4, -0.2) is 31.4 Å². The SMILES string of the molecule is CC(=O)N(CC(=O)Nc1cccc(F)c1)c1ccc(N2CCCC2)cc1. The van der Waals surface area contributed by atoms with Gasteiger partial charge in [0.1, 0.15) is 12.4 Å². The lowest BCUT2D eigenvalue weighted by Crippen LogP contribution is -2.36. The molecule has 0 bridgehead atoms. The van der Waals surface area contributed by atoms with Crippen LogP contribution in [0.2, 0.25) is 0 Å². The minimum atomic E-state index is -0.427. The Morgan fingerprint density at radius 3 is 2.42 bits per heavy atom. The van der Waals surface area contributed by atoms with Crippen molar-refractivity contribution in [2.45, 2.75) is 19.8 Å². The zero-order chi connectivity index (χ0) is 18.5. The zero-order valence-electron chi connectivity index (χ0n) is 14.7. The van der Waals surface area contributed by atoms with E-state index in [1.165, 1.54) is 42.9 Å². The molecule has 26 heavy (non-hydrogen) atoms. The number of anilines is 3. The van der Waals surface area contributed by atoms with E-state index in [4.69, 9.17) is 0 Å². The van der Waals surface area contributed by atoms with Gasteiger partial charge >= 0.3 is 0 Å². The number of carbonyl (C=O) groups is 2. The summed E-state index contributed by atoms with van der Waals surface area (Å²) in [6.07, 6.45) is 2.39. The Balaban J connectivity index is 1.68. The minimum absolute atomic E-state index is 0.130. The number of amides is 2. The van der Waals surface area contributed by atoms with Crippen molar-refractivity contribution in [3.8, 4) is 0 Å². The van der Waals surface area contributed by atoms with Gasteiger partial charge < -0.3 is 15.1 Å². The fraction of sp³-hybridized carbons (Fsp3) is 0.300. The maximum atomic E-state index is 13.2. The molecule has 1 N–H and O–H groups in total. The second kappa shape index (κ2) is 7.99. The Morgan fingerprint density at radius 1 is 1.12 bits per heavy atom. The van der Waals surface area contributed by atoms with Crippen molar-refractivity contribution in [3.05, 3.63) is 54.3 Å². The molecule has 2 aromatic rings. The van der Waals surface area contributed by atoms with E-state index in [2.05, 4.69) is 10.2 Å². The van der Waals surface area contributed by atoms with E-state index in [0.29, 0.717) is 11.4 Å². The lowest BCUT2D eigenvalue weighted by molar-refractivity contribution is -0.120. The van der Waals surface area contributed by atoms with Crippen LogP contribution in [0.1, 0.15) is 19.8 Å². The molecule has 0 atom stereocenters. The number of benzene rings is 2. The van der Waals surface area contributed by atoms with Crippen LogP contribution in [0.25, 0.3) is 0 Å². The molecule has 1 aliphatic rings. The van der Waals surface area contributed by atoms with Gasteiger partial charge in [0.25, 0.3) is 0 Å². The number of halogens is 1. The normalized spacial score (nSPS) is 13.5. The first-order valence-electron chi connectivity index (χ1n) is 8.71. The van der Waals surface area contributed by atoms with Crippen molar-refractivity contribution < 1.29 is 14.0 Å². The average molecular weight is 355 g/mol. The smallest absolute Gasteiger partial charge is 0.244 e. The molecular weight excluding hydrogens is 333 g/mol. The highest BCUT2D eigenvalue weighted by atomic mass is 19.1. The number of hydrogen-bond acceptors (Lipinski definition) is 3. The lowest BCUT2D eigenvalue weighted by atomic mass is 10.2. The maximum Gasteiger partial charge on any atom is 0.244 e. The standard InChI is InChI=1S/C20H22FN3O2/c1-15(25)24(14-20(26)22-17-6-4-5-16(21)13-17)19-9-7-18(8-10-19)23-11-2-3-12-23/h4-10,13H,2-3,11-12,14H2,1H3,(H,22,26). The number of carbonyl (C=O) groups excluding carboxylic acids is 2. The molecule has 3 rings (SSSR count). The predicted molar refractivity (Wildman–Crippen MR) is 101 cm³/mol. The molecule has 2 aromatic carbocycles. The van der Waals surface area contributed by atoms with Gasteiger partial charge in [-0.15, -0.1) is 0 Å². The Morgan fingerprint density at radius 2 is 1.81 bits per heavy atom. The van der Waals surface area contributed by atoms with Crippen LogP contribution in [-0.2, 0) is 9.59 Å². The fourth-order valence-electron chi connectivity index (χ4n) is 3.11. The Bertz CT molecular complexity index is 786. The summed E-state index contributed by atoms with van der Waals surface area (Å²) in [5.74, 6) is -1.04. The third-order valence-corrected chi connectivity index (χ3v) is 4.42. The van der Waals surface area contributed by atoms with E-state index in [1.54, 1.807) is 6.07 Å². The van der Waals surface area contributed by atoms with E-state index < -0.39 is 5.82 Å². The Labute approximate surface area is 152 Å². The molecule has 0 radical (unpaired) electrons. The predicted octanol–water partition coefficient (Wildman–Crippen LogP) is 3.42. The number of nitrogens with one attached hydrogen (secondary N) is 1. The summed E-state index contributed by atoms with van der Waals surface area (Å²) in [6, 6.07) is 13.3. The summed E-state index contributed by atoms with van der Waals surface area (Å²) < 4.78 is 13.2. The highest BCUT2D eigenvalue weighted by Crippen LogP contribution is 2.24. The fourth-order valence-corrected chi connectivity index (χ4v) is 3.11. The quantitative estimate of drug-likeness (QED) is 0.894. The van der Waals surface area contributed by atoms with Crippen LogP contribution in [0.3, 0.4) is 0 Å². The molecule has 0 aliphatic carbocycles. The van der Waals surface area contributed by atoms with E-state index in [0.717, 1.165) is 18.8 Å². The van der Waals surface area contributed by atoms with Crippen molar-refractivity contribution >= 4 is 28.9 Å². The molecular formula is C20H22FN3O2. The average Bonchev–Trinajstić information content (AvgIpc) is 3.14. The largest absolute Gasteiger partial charge is 0.372 e. The molecule has 0 saturated carbocycles. The van der Waals surface area contributed by atoms with Crippen molar-refractivity contribution in [1.29, 1.82) is 0 Å². The van der Waals surface area contributed by atoms with Gasteiger partial charge in [0.2, 0.25) is 11.8 Å². The highest BCUT2D eigenvalue weighted by molar-refractivity contribution is 6.01. The second-order valence-electron chi connectivity index (χ2n) is 6.37. The Hall–Kier alpha value is -2.89. The molecule has 1 heterocycles. The Kier molecular flexibility index (Phi) is 5.51.